The molecule has 1 N–H and O–H groups in total. The number of likely N-dealkylation sites (tertiary alicyclic amines) is 1. The molecule has 0 spiro atoms. The summed E-state index contributed by atoms with van der Waals surface area (Å²) >= 11 is 0. The summed E-state index contributed by atoms with van der Waals surface area (Å²) in [6, 6.07) is 5.48. The van der Waals surface area contributed by atoms with E-state index in [1.807, 2.05) is 0 Å². The van der Waals surface area contributed by atoms with E-state index in [9.17, 15) is 4.79 Å². The summed E-state index contributed by atoms with van der Waals surface area (Å²) in [5.41, 5.74) is 0.519. The van der Waals surface area contributed by atoms with Crippen LogP contribution in [0.3, 0.4) is 0 Å². The Morgan fingerprint density at radius 1 is 1.25 bits per heavy atom. The zero-order valence-electron chi connectivity index (χ0n) is 12.3. The fourth-order valence-electron chi connectivity index (χ4n) is 2.41. The number of rotatable bonds is 4. The highest BCUT2D eigenvalue weighted by Crippen LogP contribution is 2.24. The maximum Gasteiger partial charge on any atom is 0.255 e. The van der Waals surface area contributed by atoms with Crippen LogP contribution in [0.25, 0.3) is 0 Å². The van der Waals surface area contributed by atoms with Gasteiger partial charge in [0.2, 0.25) is 0 Å². The van der Waals surface area contributed by atoms with Gasteiger partial charge in [0.1, 0.15) is 11.5 Å². The van der Waals surface area contributed by atoms with E-state index in [0.717, 1.165) is 25.9 Å². The van der Waals surface area contributed by atoms with Gasteiger partial charge in [-0.15, -0.1) is 0 Å². The number of amides is 1. The van der Waals surface area contributed by atoms with Gasteiger partial charge in [0.15, 0.2) is 0 Å². The Morgan fingerprint density at radius 2 is 1.95 bits per heavy atom. The van der Waals surface area contributed by atoms with Crippen LogP contribution in [-0.4, -0.2) is 51.2 Å². The lowest BCUT2D eigenvalue weighted by molar-refractivity contribution is 0.0913. The molecule has 1 fully saturated rings. The van der Waals surface area contributed by atoms with Crippen molar-refractivity contribution in [1.82, 2.24) is 10.2 Å². The molecule has 1 aromatic carbocycles. The number of nitrogens with zero attached hydrogens (tertiary/aromatic N) is 1. The van der Waals surface area contributed by atoms with Crippen LogP contribution in [0.1, 0.15) is 23.2 Å². The summed E-state index contributed by atoms with van der Waals surface area (Å²) in [6.45, 7) is 2.03. The quantitative estimate of drug-likeness (QED) is 0.907. The molecule has 0 saturated carbocycles. The number of nitrogens with one attached hydrogen (secondary N) is 1. The van der Waals surface area contributed by atoms with Gasteiger partial charge in [0.05, 0.1) is 19.8 Å². The molecule has 1 aliphatic heterocycles. The number of hydrogen-bond acceptors (Lipinski definition) is 4. The van der Waals surface area contributed by atoms with Crippen molar-refractivity contribution in [3.05, 3.63) is 23.8 Å². The number of benzene rings is 1. The van der Waals surface area contributed by atoms with E-state index < -0.39 is 0 Å². The molecule has 0 aromatic heterocycles. The standard InChI is InChI=1S/C15H22N2O3/c1-17-8-6-11(7-9-17)16-15(18)13-10-12(19-2)4-5-14(13)20-3/h4-5,10-11H,6-9H2,1-3H3,(H,16,18). The number of piperidine rings is 1. The van der Waals surface area contributed by atoms with E-state index in [1.165, 1.54) is 0 Å². The monoisotopic (exact) mass is 278 g/mol. The number of methoxy groups -OCH3 is 2. The van der Waals surface area contributed by atoms with E-state index in [-0.39, 0.29) is 11.9 Å². The predicted molar refractivity (Wildman–Crippen MR) is 77.5 cm³/mol. The first-order valence-corrected chi connectivity index (χ1v) is 6.85. The van der Waals surface area contributed by atoms with Gasteiger partial charge in [-0.3, -0.25) is 4.79 Å². The van der Waals surface area contributed by atoms with Crippen LogP contribution in [-0.2, 0) is 0 Å². The van der Waals surface area contributed by atoms with Gasteiger partial charge in [0.25, 0.3) is 5.91 Å². The largest absolute Gasteiger partial charge is 0.497 e. The van der Waals surface area contributed by atoms with Crippen LogP contribution in [0.2, 0.25) is 0 Å². The second kappa shape index (κ2) is 6.61. The highest BCUT2D eigenvalue weighted by Gasteiger charge is 2.21. The Bertz CT molecular complexity index is 468. The van der Waals surface area contributed by atoms with Crippen LogP contribution >= 0.6 is 0 Å². The highest BCUT2D eigenvalue weighted by molar-refractivity contribution is 5.97. The molecule has 1 heterocycles. The molecule has 1 amide bonds. The number of ether oxygens (including phenoxy) is 2. The van der Waals surface area contributed by atoms with Crippen molar-refractivity contribution in [3.8, 4) is 11.5 Å². The second-order valence-corrected chi connectivity index (χ2v) is 5.12. The first-order chi connectivity index (χ1) is 9.63. The van der Waals surface area contributed by atoms with E-state index in [1.54, 1.807) is 32.4 Å². The van der Waals surface area contributed by atoms with Crippen molar-refractivity contribution < 1.29 is 14.3 Å². The molecule has 1 saturated heterocycles. The molecule has 0 aliphatic carbocycles. The molecule has 5 nitrogen and oxygen atoms in total. The van der Waals surface area contributed by atoms with Crippen molar-refractivity contribution in [2.45, 2.75) is 18.9 Å². The van der Waals surface area contributed by atoms with Crippen LogP contribution in [0, 0.1) is 0 Å². The Hall–Kier alpha value is -1.75. The van der Waals surface area contributed by atoms with E-state index in [4.69, 9.17) is 9.47 Å². The molecule has 1 aromatic rings. The van der Waals surface area contributed by atoms with E-state index in [0.29, 0.717) is 17.1 Å². The topological polar surface area (TPSA) is 50.8 Å². The SMILES string of the molecule is COc1ccc(OC)c(C(=O)NC2CCN(C)CC2)c1. The Balaban J connectivity index is 2.08. The Labute approximate surface area is 119 Å². The minimum absolute atomic E-state index is 0.102. The van der Waals surface area contributed by atoms with E-state index in [2.05, 4.69) is 17.3 Å². The summed E-state index contributed by atoms with van der Waals surface area (Å²) < 4.78 is 10.4. The Kier molecular flexibility index (Phi) is 4.84. The third kappa shape index (κ3) is 3.42. The predicted octanol–water partition coefficient (Wildman–Crippen LogP) is 1.53. The lowest BCUT2D eigenvalue weighted by Crippen LogP contribution is -2.43. The molecule has 2 rings (SSSR count). The molecule has 110 valence electrons. The lowest BCUT2D eigenvalue weighted by atomic mass is 10.0. The van der Waals surface area contributed by atoms with Gasteiger partial charge in [-0.2, -0.15) is 0 Å². The molecule has 0 unspecified atom stereocenters. The molecular formula is C15H22N2O3. The fourth-order valence-corrected chi connectivity index (χ4v) is 2.41. The summed E-state index contributed by atoms with van der Waals surface area (Å²) in [5.74, 6) is 1.12. The van der Waals surface area contributed by atoms with Crippen molar-refractivity contribution in [2.24, 2.45) is 0 Å². The van der Waals surface area contributed by atoms with Crippen molar-refractivity contribution >= 4 is 5.91 Å². The molecular weight excluding hydrogens is 256 g/mol. The molecule has 5 heteroatoms. The van der Waals surface area contributed by atoms with Crippen LogP contribution < -0.4 is 14.8 Å². The number of carbonyl (C=O) groups excluding carboxylic acids is 1. The normalized spacial score (nSPS) is 16.8. The van der Waals surface area contributed by atoms with E-state index >= 15 is 0 Å². The van der Waals surface area contributed by atoms with Gasteiger partial charge < -0.3 is 19.7 Å². The lowest BCUT2D eigenvalue weighted by Gasteiger charge is -2.29. The van der Waals surface area contributed by atoms with Gasteiger partial charge in [-0.05, 0) is 51.2 Å². The average Bonchev–Trinajstić information content (AvgIpc) is 2.48. The third-order valence-electron chi connectivity index (χ3n) is 3.71. The average molecular weight is 278 g/mol. The van der Waals surface area contributed by atoms with Gasteiger partial charge in [-0.1, -0.05) is 0 Å². The zero-order chi connectivity index (χ0) is 14.5. The van der Waals surface area contributed by atoms with Crippen molar-refractivity contribution in [3.63, 3.8) is 0 Å². The summed E-state index contributed by atoms with van der Waals surface area (Å²) in [6.07, 6.45) is 1.96. The highest BCUT2D eigenvalue weighted by atomic mass is 16.5. The molecule has 0 radical (unpaired) electrons. The zero-order valence-corrected chi connectivity index (χ0v) is 12.3. The first kappa shape index (κ1) is 14.7. The molecule has 1 aliphatic rings. The molecule has 0 bridgehead atoms. The van der Waals surface area contributed by atoms with Crippen LogP contribution in [0.5, 0.6) is 11.5 Å². The minimum Gasteiger partial charge on any atom is -0.497 e. The van der Waals surface area contributed by atoms with Crippen LogP contribution in [0.15, 0.2) is 18.2 Å². The summed E-state index contributed by atoms with van der Waals surface area (Å²) in [4.78, 5) is 14.7. The van der Waals surface area contributed by atoms with Crippen molar-refractivity contribution in [1.29, 1.82) is 0 Å². The molecule has 20 heavy (non-hydrogen) atoms. The van der Waals surface area contributed by atoms with Crippen molar-refractivity contribution in [2.75, 3.05) is 34.4 Å². The van der Waals surface area contributed by atoms with Crippen LogP contribution in [0.4, 0.5) is 0 Å². The Morgan fingerprint density at radius 3 is 2.55 bits per heavy atom. The maximum atomic E-state index is 12.4. The van der Waals surface area contributed by atoms with Gasteiger partial charge >= 0.3 is 0 Å². The second-order valence-electron chi connectivity index (χ2n) is 5.12. The number of hydrogen-bond donors (Lipinski definition) is 1. The summed E-state index contributed by atoms with van der Waals surface area (Å²) in [5, 5.41) is 3.08. The number of carbonyl (C=O) groups is 1. The van der Waals surface area contributed by atoms with Gasteiger partial charge in [-0.25, -0.2) is 0 Å². The summed E-state index contributed by atoms with van der Waals surface area (Å²) in [7, 11) is 5.25. The first-order valence-electron chi connectivity index (χ1n) is 6.85. The fraction of sp³-hybridized carbons (Fsp3) is 0.533. The van der Waals surface area contributed by atoms with Gasteiger partial charge in [0, 0.05) is 6.04 Å². The minimum atomic E-state index is -0.102. The molecule has 0 atom stereocenters. The smallest absolute Gasteiger partial charge is 0.255 e. The third-order valence-corrected chi connectivity index (χ3v) is 3.71. The maximum absolute atomic E-state index is 12.4.